The van der Waals surface area contributed by atoms with Gasteiger partial charge in [0.05, 0.1) is 4.92 Å². The second-order valence-electron chi connectivity index (χ2n) is 5.40. The Hall–Kier alpha value is -1.85. The van der Waals surface area contributed by atoms with Gasteiger partial charge in [0.15, 0.2) is 0 Å². The highest BCUT2D eigenvalue weighted by molar-refractivity contribution is 5.60. The van der Waals surface area contributed by atoms with E-state index in [1.54, 1.807) is 6.07 Å². The van der Waals surface area contributed by atoms with Gasteiger partial charge in [0.1, 0.15) is 5.82 Å². The van der Waals surface area contributed by atoms with Crippen LogP contribution >= 0.6 is 0 Å². The zero-order valence-corrected chi connectivity index (χ0v) is 12.1. The number of nitro groups is 1. The maximum atomic E-state index is 11.1. The van der Waals surface area contributed by atoms with E-state index in [-0.39, 0.29) is 10.6 Å². The first-order valence-electron chi connectivity index (χ1n) is 7.25. The van der Waals surface area contributed by atoms with Crippen molar-refractivity contribution in [1.29, 1.82) is 0 Å². The molecular weight excluding hydrogens is 256 g/mol. The minimum Gasteiger partial charge on any atom is -0.370 e. The third-order valence-electron chi connectivity index (χ3n) is 4.00. The molecule has 0 aliphatic heterocycles. The third-order valence-corrected chi connectivity index (χ3v) is 4.00. The van der Waals surface area contributed by atoms with Crippen LogP contribution in [0.5, 0.6) is 0 Å². The largest absolute Gasteiger partial charge is 0.370 e. The predicted octanol–water partition coefficient (Wildman–Crippen LogP) is 3.27. The number of nitrogens with zero attached hydrogens (tertiary/aromatic N) is 2. The lowest BCUT2D eigenvalue weighted by Gasteiger charge is -2.16. The van der Waals surface area contributed by atoms with Crippen LogP contribution in [0.4, 0.5) is 17.3 Å². The van der Waals surface area contributed by atoms with Gasteiger partial charge in [0, 0.05) is 19.2 Å². The Balaban J connectivity index is 2.10. The van der Waals surface area contributed by atoms with Crippen molar-refractivity contribution in [3.63, 3.8) is 0 Å². The van der Waals surface area contributed by atoms with Crippen molar-refractivity contribution in [2.45, 2.75) is 33.1 Å². The van der Waals surface area contributed by atoms with Gasteiger partial charge in [0.2, 0.25) is 5.82 Å². The quantitative estimate of drug-likeness (QED) is 0.616. The van der Waals surface area contributed by atoms with Gasteiger partial charge in [-0.15, -0.1) is 0 Å². The molecule has 0 bridgehead atoms. The molecule has 6 nitrogen and oxygen atoms in total. The molecule has 1 aliphatic carbocycles. The average Bonchev–Trinajstić information content (AvgIpc) is 2.82. The molecule has 1 aromatic heterocycles. The molecule has 6 heteroatoms. The van der Waals surface area contributed by atoms with Crippen molar-refractivity contribution in [2.75, 3.05) is 23.7 Å². The van der Waals surface area contributed by atoms with Gasteiger partial charge in [-0.25, -0.2) is 4.98 Å². The maximum absolute atomic E-state index is 11.1. The summed E-state index contributed by atoms with van der Waals surface area (Å²) in [6.07, 6.45) is 3.69. The monoisotopic (exact) mass is 278 g/mol. The molecule has 1 aromatic rings. The Bertz CT molecular complexity index is 478. The zero-order chi connectivity index (χ0) is 14.5. The lowest BCUT2D eigenvalue weighted by Crippen LogP contribution is -2.18. The van der Waals surface area contributed by atoms with Crippen molar-refractivity contribution in [3.8, 4) is 0 Å². The van der Waals surface area contributed by atoms with Gasteiger partial charge in [0.25, 0.3) is 0 Å². The fraction of sp³-hybridized carbons (Fsp3) is 0.643. The van der Waals surface area contributed by atoms with E-state index in [4.69, 9.17) is 0 Å². The van der Waals surface area contributed by atoms with E-state index in [0.717, 1.165) is 13.1 Å². The van der Waals surface area contributed by atoms with Gasteiger partial charge in [-0.05, 0) is 31.2 Å². The predicted molar refractivity (Wildman–Crippen MR) is 80.0 cm³/mol. The minimum atomic E-state index is -0.386. The Morgan fingerprint density at radius 2 is 2.20 bits per heavy atom. The molecule has 0 amide bonds. The van der Waals surface area contributed by atoms with Gasteiger partial charge < -0.3 is 10.6 Å². The zero-order valence-electron chi connectivity index (χ0n) is 12.1. The van der Waals surface area contributed by atoms with Crippen LogP contribution in [0.1, 0.15) is 33.1 Å². The topological polar surface area (TPSA) is 80.1 Å². The fourth-order valence-corrected chi connectivity index (χ4v) is 2.76. The van der Waals surface area contributed by atoms with Gasteiger partial charge in [-0.2, -0.15) is 0 Å². The summed E-state index contributed by atoms with van der Waals surface area (Å²) in [7, 11) is 0. The number of aromatic nitrogens is 1. The van der Waals surface area contributed by atoms with Crippen LogP contribution < -0.4 is 10.6 Å². The van der Waals surface area contributed by atoms with E-state index in [2.05, 4.69) is 22.5 Å². The SMILES string of the molecule is CCNc1ccc([N+](=O)[O-])c(NCC2CCCC2C)n1. The Labute approximate surface area is 119 Å². The van der Waals surface area contributed by atoms with E-state index >= 15 is 0 Å². The number of anilines is 2. The van der Waals surface area contributed by atoms with E-state index in [1.165, 1.54) is 25.3 Å². The summed E-state index contributed by atoms with van der Waals surface area (Å²) in [4.78, 5) is 15.0. The first-order valence-corrected chi connectivity index (χ1v) is 7.25. The highest BCUT2D eigenvalue weighted by Gasteiger charge is 2.24. The molecule has 20 heavy (non-hydrogen) atoms. The average molecular weight is 278 g/mol. The molecule has 1 aliphatic rings. The minimum absolute atomic E-state index is 0.0392. The van der Waals surface area contributed by atoms with Crippen molar-refractivity contribution >= 4 is 17.3 Å². The van der Waals surface area contributed by atoms with Crippen LogP contribution in [-0.4, -0.2) is 23.0 Å². The van der Waals surface area contributed by atoms with E-state index in [0.29, 0.717) is 23.5 Å². The second-order valence-corrected chi connectivity index (χ2v) is 5.40. The molecular formula is C14H22N4O2. The molecule has 2 N–H and O–H groups in total. The Kier molecular flexibility index (Phi) is 4.76. The molecule has 2 rings (SSSR count). The summed E-state index contributed by atoms with van der Waals surface area (Å²) in [6.45, 7) is 5.71. The summed E-state index contributed by atoms with van der Waals surface area (Å²) in [5.41, 5.74) is 0.0392. The van der Waals surface area contributed by atoms with Crippen molar-refractivity contribution < 1.29 is 4.92 Å². The summed E-state index contributed by atoms with van der Waals surface area (Å²) < 4.78 is 0. The lowest BCUT2D eigenvalue weighted by molar-refractivity contribution is -0.384. The number of nitrogens with one attached hydrogen (secondary N) is 2. The van der Waals surface area contributed by atoms with Crippen LogP contribution in [0.3, 0.4) is 0 Å². The number of hydrogen-bond donors (Lipinski definition) is 2. The van der Waals surface area contributed by atoms with Crippen molar-refractivity contribution in [2.24, 2.45) is 11.8 Å². The normalized spacial score (nSPS) is 21.7. The molecule has 1 fully saturated rings. The second kappa shape index (κ2) is 6.54. The molecule has 0 aromatic carbocycles. The van der Waals surface area contributed by atoms with Crippen LogP contribution in [0.15, 0.2) is 12.1 Å². The van der Waals surface area contributed by atoms with Gasteiger partial charge >= 0.3 is 5.69 Å². The molecule has 110 valence electrons. The first kappa shape index (κ1) is 14.6. The van der Waals surface area contributed by atoms with E-state index in [1.807, 2.05) is 6.92 Å². The van der Waals surface area contributed by atoms with Crippen LogP contribution in [0.2, 0.25) is 0 Å². The standard InChI is InChI=1S/C14H22N4O2/c1-3-15-13-8-7-12(18(19)20)14(17-13)16-9-11-6-4-5-10(11)2/h7-8,10-11H,3-6,9H2,1-2H3,(H2,15,16,17). The number of pyridine rings is 1. The van der Waals surface area contributed by atoms with Crippen LogP contribution in [-0.2, 0) is 0 Å². The highest BCUT2D eigenvalue weighted by atomic mass is 16.6. The molecule has 2 unspecified atom stereocenters. The number of hydrogen-bond acceptors (Lipinski definition) is 5. The molecule has 0 spiro atoms. The molecule has 2 atom stereocenters. The lowest BCUT2D eigenvalue weighted by atomic mass is 9.98. The summed E-state index contributed by atoms with van der Waals surface area (Å²) >= 11 is 0. The number of rotatable bonds is 6. The summed E-state index contributed by atoms with van der Waals surface area (Å²) in [5, 5.41) is 17.3. The van der Waals surface area contributed by atoms with Crippen molar-refractivity contribution in [1.82, 2.24) is 4.98 Å². The molecule has 1 heterocycles. The maximum Gasteiger partial charge on any atom is 0.311 e. The third kappa shape index (κ3) is 3.37. The van der Waals surface area contributed by atoms with Crippen LogP contribution in [0, 0.1) is 22.0 Å². The summed E-state index contributed by atoms with van der Waals surface area (Å²) in [5.74, 6) is 2.30. The summed E-state index contributed by atoms with van der Waals surface area (Å²) in [6, 6.07) is 3.15. The van der Waals surface area contributed by atoms with Gasteiger partial charge in [-0.3, -0.25) is 10.1 Å². The van der Waals surface area contributed by atoms with Crippen LogP contribution in [0.25, 0.3) is 0 Å². The molecule has 0 radical (unpaired) electrons. The van der Waals surface area contributed by atoms with Gasteiger partial charge in [-0.1, -0.05) is 19.8 Å². The molecule has 1 saturated carbocycles. The van der Waals surface area contributed by atoms with E-state index < -0.39 is 0 Å². The highest BCUT2D eigenvalue weighted by Crippen LogP contribution is 2.32. The molecule has 0 saturated heterocycles. The fourth-order valence-electron chi connectivity index (χ4n) is 2.76. The van der Waals surface area contributed by atoms with Crippen molar-refractivity contribution in [3.05, 3.63) is 22.2 Å². The first-order chi connectivity index (χ1) is 9.61. The Morgan fingerprint density at radius 1 is 1.40 bits per heavy atom. The van der Waals surface area contributed by atoms with E-state index in [9.17, 15) is 10.1 Å². The smallest absolute Gasteiger partial charge is 0.311 e. The Morgan fingerprint density at radius 3 is 2.80 bits per heavy atom.